The molecule has 0 radical (unpaired) electrons. The standard InChI is InChI=1S/C6H14N2S2/c1-7(2)4-5-8(3)6(9)10/h4-5H2,1-3H3,(H,9,10). The smallest absolute Gasteiger partial charge is 0.133 e. The molecule has 0 rings (SSSR count). The zero-order valence-electron chi connectivity index (χ0n) is 6.66. The van der Waals surface area contributed by atoms with E-state index in [2.05, 4.69) is 17.5 Å². The van der Waals surface area contributed by atoms with Crippen molar-refractivity contribution in [1.82, 2.24) is 9.80 Å². The Morgan fingerprint density at radius 3 is 2.10 bits per heavy atom. The van der Waals surface area contributed by atoms with E-state index in [0.29, 0.717) is 4.32 Å². The first-order valence-electron chi connectivity index (χ1n) is 3.13. The van der Waals surface area contributed by atoms with E-state index in [0.717, 1.165) is 13.1 Å². The summed E-state index contributed by atoms with van der Waals surface area (Å²) in [4.78, 5) is 4.06. The summed E-state index contributed by atoms with van der Waals surface area (Å²) in [5, 5.41) is 0. The van der Waals surface area contributed by atoms with Crippen molar-refractivity contribution >= 4 is 29.2 Å². The molecule has 0 fully saturated rings. The van der Waals surface area contributed by atoms with Crippen LogP contribution >= 0.6 is 24.8 Å². The minimum atomic E-state index is 0.654. The van der Waals surface area contributed by atoms with Crippen molar-refractivity contribution in [3.05, 3.63) is 0 Å². The van der Waals surface area contributed by atoms with Crippen molar-refractivity contribution in [2.45, 2.75) is 0 Å². The summed E-state index contributed by atoms with van der Waals surface area (Å²) >= 11 is 8.88. The molecule has 0 atom stereocenters. The Kier molecular flexibility index (Phi) is 5.03. The highest BCUT2D eigenvalue weighted by Crippen LogP contribution is 1.91. The lowest BCUT2D eigenvalue weighted by atomic mass is 10.5. The Balaban J connectivity index is 3.40. The summed E-state index contributed by atoms with van der Waals surface area (Å²) in [5.41, 5.74) is 0. The monoisotopic (exact) mass is 178 g/mol. The predicted molar refractivity (Wildman–Crippen MR) is 52.8 cm³/mol. The molecule has 0 aliphatic carbocycles. The third kappa shape index (κ3) is 5.02. The molecule has 0 bridgehead atoms. The van der Waals surface area contributed by atoms with E-state index in [9.17, 15) is 0 Å². The largest absolute Gasteiger partial charge is 0.360 e. The molecule has 0 unspecified atom stereocenters. The molecule has 0 aliphatic rings. The summed E-state index contributed by atoms with van der Waals surface area (Å²) < 4.78 is 0.654. The second kappa shape index (κ2) is 4.93. The molecule has 0 saturated carbocycles. The van der Waals surface area contributed by atoms with Crippen molar-refractivity contribution in [2.24, 2.45) is 0 Å². The number of thiocarbonyl (C=S) groups is 1. The van der Waals surface area contributed by atoms with Crippen LogP contribution < -0.4 is 0 Å². The topological polar surface area (TPSA) is 6.48 Å². The van der Waals surface area contributed by atoms with E-state index < -0.39 is 0 Å². The summed E-state index contributed by atoms with van der Waals surface area (Å²) in [6.07, 6.45) is 0. The van der Waals surface area contributed by atoms with Gasteiger partial charge in [0.25, 0.3) is 0 Å². The van der Waals surface area contributed by atoms with Crippen LogP contribution in [0.25, 0.3) is 0 Å². The third-order valence-electron chi connectivity index (χ3n) is 1.21. The molecule has 4 heteroatoms. The molecular formula is C6H14N2S2. The molecule has 0 N–H and O–H groups in total. The van der Waals surface area contributed by atoms with Crippen molar-refractivity contribution in [2.75, 3.05) is 34.2 Å². The summed E-state index contributed by atoms with van der Waals surface area (Å²) in [6, 6.07) is 0. The number of thiol groups is 1. The van der Waals surface area contributed by atoms with E-state index in [1.165, 1.54) is 0 Å². The van der Waals surface area contributed by atoms with Gasteiger partial charge < -0.3 is 9.80 Å². The number of nitrogens with zero attached hydrogens (tertiary/aromatic N) is 2. The molecule has 0 aromatic rings. The maximum Gasteiger partial charge on any atom is 0.133 e. The lowest BCUT2D eigenvalue weighted by molar-refractivity contribution is 0.361. The lowest BCUT2D eigenvalue weighted by Crippen LogP contribution is -2.30. The van der Waals surface area contributed by atoms with Gasteiger partial charge in [0.1, 0.15) is 4.32 Å². The van der Waals surface area contributed by atoms with Crippen LogP contribution in [0.2, 0.25) is 0 Å². The first-order valence-corrected chi connectivity index (χ1v) is 3.98. The van der Waals surface area contributed by atoms with Gasteiger partial charge in [0.15, 0.2) is 0 Å². The van der Waals surface area contributed by atoms with Gasteiger partial charge in [-0.2, -0.15) is 0 Å². The van der Waals surface area contributed by atoms with Crippen LogP contribution in [0.1, 0.15) is 0 Å². The summed E-state index contributed by atoms with van der Waals surface area (Å²) in [5.74, 6) is 0. The van der Waals surface area contributed by atoms with Crippen LogP contribution in [-0.4, -0.2) is 48.4 Å². The van der Waals surface area contributed by atoms with Crippen molar-refractivity contribution in [3.63, 3.8) is 0 Å². The third-order valence-corrected chi connectivity index (χ3v) is 1.86. The zero-order chi connectivity index (χ0) is 8.15. The van der Waals surface area contributed by atoms with E-state index >= 15 is 0 Å². The van der Waals surface area contributed by atoms with Gasteiger partial charge in [0.2, 0.25) is 0 Å². The molecule has 10 heavy (non-hydrogen) atoms. The van der Waals surface area contributed by atoms with Crippen LogP contribution in [0.5, 0.6) is 0 Å². The van der Waals surface area contributed by atoms with E-state index in [-0.39, 0.29) is 0 Å². The van der Waals surface area contributed by atoms with Crippen LogP contribution in [0.15, 0.2) is 0 Å². The SMILES string of the molecule is CN(C)CCN(C)C(=S)S. The van der Waals surface area contributed by atoms with Gasteiger partial charge in [-0.25, -0.2) is 0 Å². The Morgan fingerprint density at radius 2 is 1.80 bits per heavy atom. The number of hydrogen-bond donors (Lipinski definition) is 1. The number of hydrogen-bond acceptors (Lipinski definition) is 2. The molecule has 0 amide bonds. The number of rotatable bonds is 3. The van der Waals surface area contributed by atoms with Crippen LogP contribution in [0.4, 0.5) is 0 Å². The van der Waals surface area contributed by atoms with E-state index in [1.807, 2.05) is 26.0 Å². The summed E-state index contributed by atoms with van der Waals surface area (Å²) in [6.45, 7) is 1.95. The van der Waals surface area contributed by atoms with Gasteiger partial charge in [0.05, 0.1) is 0 Å². The maximum atomic E-state index is 4.84. The molecule has 0 aromatic carbocycles. The zero-order valence-corrected chi connectivity index (χ0v) is 8.38. The van der Waals surface area contributed by atoms with Gasteiger partial charge in [-0.3, -0.25) is 0 Å². The van der Waals surface area contributed by atoms with Crippen LogP contribution in [0, 0.1) is 0 Å². The quantitative estimate of drug-likeness (QED) is 0.502. The lowest BCUT2D eigenvalue weighted by Gasteiger charge is -2.18. The highest BCUT2D eigenvalue weighted by molar-refractivity contribution is 8.10. The first kappa shape index (κ1) is 10.2. The minimum absolute atomic E-state index is 0.654. The molecule has 0 spiro atoms. The molecule has 60 valence electrons. The number of likely N-dealkylation sites (N-methyl/N-ethyl adjacent to an activating group) is 2. The Bertz CT molecular complexity index is 114. The predicted octanol–water partition coefficient (Wildman–Crippen LogP) is 0.694. The van der Waals surface area contributed by atoms with Crippen molar-refractivity contribution in [1.29, 1.82) is 0 Å². The van der Waals surface area contributed by atoms with Gasteiger partial charge in [0, 0.05) is 20.1 Å². The Hall–Kier alpha value is 0.200. The van der Waals surface area contributed by atoms with Crippen molar-refractivity contribution < 1.29 is 0 Å². The molecule has 0 aliphatic heterocycles. The van der Waals surface area contributed by atoms with Gasteiger partial charge >= 0.3 is 0 Å². The average molecular weight is 178 g/mol. The van der Waals surface area contributed by atoms with E-state index in [1.54, 1.807) is 0 Å². The average Bonchev–Trinajstić information content (AvgIpc) is 1.82. The Labute approximate surface area is 73.6 Å². The molecular weight excluding hydrogens is 164 g/mol. The fourth-order valence-electron chi connectivity index (χ4n) is 0.446. The Morgan fingerprint density at radius 1 is 1.30 bits per heavy atom. The minimum Gasteiger partial charge on any atom is -0.360 e. The normalized spacial score (nSPS) is 10.1. The second-order valence-corrected chi connectivity index (χ2v) is 3.62. The van der Waals surface area contributed by atoms with Crippen LogP contribution in [-0.2, 0) is 0 Å². The first-order chi connectivity index (χ1) is 4.54. The highest BCUT2D eigenvalue weighted by atomic mass is 32.1. The molecule has 0 aromatic heterocycles. The molecule has 2 nitrogen and oxygen atoms in total. The van der Waals surface area contributed by atoms with Crippen molar-refractivity contribution in [3.8, 4) is 0 Å². The second-order valence-electron chi connectivity index (χ2n) is 2.51. The van der Waals surface area contributed by atoms with Gasteiger partial charge in [-0.05, 0) is 14.1 Å². The van der Waals surface area contributed by atoms with Crippen LogP contribution in [0.3, 0.4) is 0 Å². The van der Waals surface area contributed by atoms with Gasteiger partial charge in [-0.15, -0.1) is 12.6 Å². The molecule has 0 heterocycles. The maximum absolute atomic E-state index is 4.84. The fourth-order valence-corrected chi connectivity index (χ4v) is 0.637. The highest BCUT2D eigenvalue weighted by Gasteiger charge is 1.98. The molecule has 0 saturated heterocycles. The fraction of sp³-hybridized carbons (Fsp3) is 0.833. The van der Waals surface area contributed by atoms with E-state index in [4.69, 9.17) is 12.2 Å². The van der Waals surface area contributed by atoms with Gasteiger partial charge in [-0.1, -0.05) is 12.2 Å². The summed E-state index contributed by atoms with van der Waals surface area (Å²) in [7, 11) is 6.02.